The maximum Gasteiger partial charge on any atom is 0.269 e. The summed E-state index contributed by atoms with van der Waals surface area (Å²) in [4.78, 5) is 22.6. The molecular weight excluding hydrogens is 182 g/mol. The van der Waals surface area contributed by atoms with Gasteiger partial charge >= 0.3 is 0 Å². The lowest BCUT2D eigenvalue weighted by Crippen LogP contribution is -2.18. The van der Waals surface area contributed by atoms with Crippen LogP contribution in [0.25, 0.3) is 0 Å². The fourth-order valence-corrected chi connectivity index (χ4v) is 1.85. The Balaban J connectivity index is 2.65. The first-order valence-corrected chi connectivity index (χ1v) is 4.50. The predicted molar refractivity (Wildman–Crippen MR) is 49.0 cm³/mol. The molecule has 1 heterocycles. The number of hydrogen-bond donors (Lipinski definition) is 1. The fourth-order valence-electron chi connectivity index (χ4n) is 1.85. The van der Waals surface area contributed by atoms with Crippen LogP contribution in [-0.2, 0) is 13.5 Å². The van der Waals surface area contributed by atoms with Gasteiger partial charge in [-0.15, -0.1) is 0 Å². The average molecular weight is 193 g/mol. The van der Waals surface area contributed by atoms with Gasteiger partial charge in [0.05, 0.1) is 5.56 Å². The lowest BCUT2D eigenvalue weighted by molar-refractivity contribution is 0.0948. The Labute approximate surface area is 80.9 Å². The molecule has 14 heavy (non-hydrogen) atoms. The standard InChI is InChI=1S/C9H11N3O2/c1-12-5-3-2-4-6(13)7(5)8(11-12)9(10)14/h2-4H2,1H3,(H2,10,14). The number of hydrogen-bond acceptors (Lipinski definition) is 3. The van der Waals surface area contributed by atoms with Gasteiger partial charge in [-0.3, -0.25) is 14.3 Å². The minimum atomic E-state index is -0.628. The summed E-state index contributed by atoms with van der Waals surface area (Å²) in [6.45, 7) is 0. The fraction of sp³-hybridized carbons (Fsp3) is 0.444. The monoisotopic (exact) mass is 193 g/mol. The number of Topliss-reactive ketones (excluding diaryl/α,β-unsaturated/α-hetero) is 1. The molecule has 0 unspecified atom stereocenters. The highest BCUT2D eigenvalue weighted by molar-refractivity contribution is 6.07. The van der Waals surface area contributed by atoms with E-state index in [1.807, 2.05) is 0 Å². The number of primary amides is 1. The quantitative estimate of drug-likeness (QED) is 0.683. The van der Waals surface area contributed by atoms with Crippen molar-refractivity contribution in [2.24, 2.45) is 12.8 Å². The van der Waals surface area contributed by atoms with Crippen molar-refractivity contribution < 1.29 is 9.59 Å². The normalized spacial score (nSPS) is 15.4. The molecule has 0 aliphatic heterocycles. The van der Waals surface area contributed by atoms with Gasteiger partial charge in [0.2, 0.25) is 0 Å². The molecule has 1 amide bonds. The molecule has 5 nitrogen and oxygen atoms in total. The molecule has 2 N–H and O–H groups in total. The summed E-state index contributed by atoms with van der Waals surface area (Å²) in [5.74, 6) is -0.648. The number of rotatable bonds is 1. The van der Waals surface area contributed by atoms with Gasteiger partial charge in [0.15, 0.2) is 11.5 Å². The van der Waals surface area contributed by atoms with E-state index in [0.29, 0.717) is 12.0 Å². The Morgan fingerprint density at radius 2 is 2.21 bits per heavy atom. The number of carbonyl (C=O) groups excluding carboxylic acids is 2. The highest BCUT2D eigenvalue weighted by atomic mass is 16.1. The van der Waals surface area contributed by atoms with Crippen LogP contribution in [0.1, 0.15) is 39.4 Å². The van der Waals surface area contributed by atoms with Crippen LogP contribution < -0.4 is 5.73 Å². The van der Waals surface area contributed by atoms with E-state index in [1.165, 1.54) is 0 Å². The van der Waals surface area contributed by atoms with Gasteiger partial charge in [-0.05, 0) is 12.8 Å². The van der Waals surface area contributed by atoms with Crippen molar-refractivity contribution in [1.29, 1.82) is 0 Å². The second-order valence-electron chi connectivity index (χ2n) is 3.43. The van der Waals surface area contributed by atoms with E-state index in [2.05, 4.69) is 5.10 Å². The number of carbonyl (C=O) groups is 2. The third kappa shape index (κ3) is 1.13. The molecule has 0 bridgehead atoms. The van der Waals surface area contributed by atoms with E-state index < -0.39 is 5.91 Å². The van der Waals surface area contributed by atoms with Gasteiger partial charge < -0.3 is 5.73 Å². The molecule has 74 valence electrons. The summed E-state index contributed by atoms with van der Waals surface area (Å²) in [5.41, 5.74) is 6.53. The van der Waals surface area contributed by atoms with Crippen molar-refractivity contribution in [3.05, 3.63) is 17.0 Å². The zero-order chi connectivity index (χ0) is 10.3. The van der Waals surface area contributed by atoms with Gasteiger partial charge in [0, 0.05) is 19.2 Å². The zero-order valence-electron chi connectivity index (χ0n) is 7.91. The molecule has 0 saturated carbocycles. The van der Waals surface area contributed by atoms with Crippen LogP contribution in [0, 0.1) is 0 Å². The molecular formula is C9H11N3O2. The Morgan fingerprint density at radius 3 is 2.86 bits per heavy atom. The van der Waals surface area contributed by atoms with E-state index >= 15 is 0 Å². The molecule has 1 aliphatic carbocycles. The van der Waals surface area contributed by atoms with E-state index in [-0.39, 0.29) is 11.5 Å². The molecule has 0 radical (unpaired) electrons. The molecule has 1 aromatic heterocycles. The number of aryl methyl sites for hydroxylation is 1. The number of amides is 1. The topological polar surface area (TPSA) is 78.0 Å². The minimum Gasteiger partial charge on any atom is -0.364 e. The van der Waals surface area contributed by atoms with Gasteiger partial charge in [-0.1, -0.05) is 0 Å². The highest BCUT2D eigenvalue weighted by Gasteiger charge is 2.27. The number of aromatic nitrogens is 2. The van der Waals surface area contributed by atoms with Crippen LogP contribution >= 0.6 is 0 Å². The SMILES string of the molecule is Cn1nc(C(N)=O)c2c1CCCC2=O. The second-order valence-corrected chi connectivity index (χ2v) is 3.43. The number of ketones is 1. The zero-order valence-corrected chi connectivity index (χ0v) is 7.91. The van der Waals surface area contributed by atoms with Crippen molar-refractivity contribution in [1.82, 2.24) is 9.78 Å². The molecule has 2 rings (SSSR count). The summed E-state index contributed by atoms with van der Waals surface area (Å²) in [5, 5.41) is 3.96. The summed E-state index contributed by atoms with van der Waals surface area (Å²) >= 11 is 0. The minimum absolute atomic E-state index is 0.0202. The van der Waals surface area contributed by atoms with Gasteiger partial charge in [0.1, 0.15) is 0 Å². The Hall–Kier alpha value is -1.65. The van der Waals surface area contributed by atoms with Gasteiger partial charge in [-0.2, -0.15) is 5.10 Å². The van der Waals surface area contributed by atoms with Crippen LogP contribution in [0.4, 0.5) is 0 Å². The van der Waals surface area contributed by atoms with Crippen molar-refractivity contribution >= 4 is 11.7 Å². The number of nitrogens with two attached hydrogens (primary N) is 1. The van der Waals surface area contributed by atoms with E-state index in [1.54, 1.807) is 11.7 Å². The first-order chi connectivity index (χ1) is 6.61. The highest BCUT2D eigenvalue weighted by Crippen LogP contribution is 2.23. The summed E-state index contributed by atoms with van der Waals surface area (Å²) in [6, 6.07) is 0. The van der Waals surface area contributed by atoms with E-state index in [0.717, 1.165) is 18.5 Å². The van der Waals surface area contributed by atoms with Crippen LogP contribution in [0.3, 0.4) is 0 Å². The van der Waals surface area contributed by atoms with Gasteiger partial charge in [-0.25, -0.2) is 0 Å². The van der Waals surface area contributed by atoms with Crippen molar-refractivity contribution in [3.63, 3.8) is 0 Å². The van der Waals surface area contributed by atoms with Crippen molar-refractivity contribution in [2.75, 3.05) is 0 Å². The second kappa shape index (κ2) is 2.94. The molecule has 5 heteroatoms. The maximum atomic E-state index is 11.6. The smallest absolute Gasteiger partial charge is 0.269 e. The third-order valence-electron chi connectivity index (χ3n) is 2.50. The van der Waals surface area contributed by atoms with Crippen LogP contribution in [0.5, 0.6) is 0 Å². The first kappa shape index (κ1) is 8.93. The van der Waals surface area contributed by atoms with Crippen LogP contribution in [0.2, 0.25) is 0 Å². The summed E-state index contributed by atoms with van der Waals surface area (Å²) < 4.78 is 1.58. The average Bonchev–Trinajstić information content (AvgIpc) is 2.46. The number of fused-ring (bicyclic) bond motifs is 1. The Morgan fingerprint density at radius 1 is 1.50 bits per heavy atom. The van der Waals surface area contributed by atoms with Gasteiger partial charge in [0.25, 0.3) is 5.91 Å². The Bertz CT molecular complexity index is 420. The van der Waals surface area contributed by atoms with Crippen molar-refractivity contribution in [2.45, 2.75) is 19.3 Å². The summed E-state index contributed by atoms with van der Waals surface area (Å²) in [7, 11) is 1.73. The molecule has 0 saturated heterocycles. The maximum absolute atomic E-state index is 11.6. The van der Waals surface area contributed by atoms with E-state index in [9.17, 15) is 9.59 Å². The van der Waals surface area contributed by atoms with Crippen LogP contribution in [0.15, 0.2) is 0 Å². The largest absolute Gasteiger partial charge is 0.364 e. The van der Waals surface area contributed by atoms with E-state index in [4.69, 9.17) is 5.73 Å². The molecule has 1 aromatic rings. The van der Waals surface area contributed by atoms with Crippen LogP contribution in [-0.4, -0.2) is 21.5 Å². The lowest BCUT2D eigenvalue weighted by Gasteiger charge is -2.10. The molecule has 0 aromatic carbocycles. The molecule has 1 aliphatic rings. The van der Waals surface area contributed by atoms with Crippen molar-refractivity contribution in [3.8, 4) is 0 Å². The number of nitrogens with zero attached hydrogens (tertiary/aromatic N) is 2. The lowest BCUT2D eigenvalue weighted by atomic mass is 9.94. The predicted octanol–water partition coefficient (Wildman–Crippen LogP) is 0.0380. The molecule has 0 atom stereocenters. The molecule has 0 spiro atoms. The first-order valence-electron chi connectivity index (χ1n) is 4.50. The molecule has 0 fully saturated rings. The summed E-state index contributed by atoms with van der Waals surface area (Å²) in [6.07, 6.45) is 2.10. The third-order valence-corrected chi connectivity index (χ3v) is 2.50. The Kier molecular flexibility index (Phi) is 1.87.